The van der Waals surface area contributed by atoms with E-state index in [-0.39, 0.29) is 25.3 Å². The van der Waals surface area contributed by atoms with Crippen molar-refractivity contribution in [2.45, 2.75) is 63.9 Å². The Morgan fingerprint density at radius 2 is 1.76 bits per heavy atom. The van der Waals surface area contributed by atoms with Gasteiger partial charge in [0.05, 0.1) is 20.3 Å². The van der Waals surface area contributed by atoms with Crippen LogP contribution in [0.2, 0.25) is 0 Å². The Labute approximate surface area is 196 Å². The van der Waals surface area contributed by atoms with Crippen LogP contribution in [0.1, 0.15) is 44.2 Å². The summed E-state index contributed by atoms with van der Waals surface area (Å²) in [6, 6.07) is 14.5. The number of aliphatic hydroxyl groups excluding tert-OH is 1. The molecule has 33 heavy (non-hydrogen) atoms. The number of benzene rings is 2. The summed E-state index contributed by atoms with van der Waals surface area (Å²) < 4.78 is 24.7. The van der Waals surface area contributed by atoms with Crippen LogP contribution in [0.3, 0.4) is 0 Å². The quantitative estimate of drug-likeness (QED) is 0.423. The van der Waals surface area contributed by atoms with Crippen molar-refractivity contribution in [2.24, 2.45) is 11.7 Å². The number of carbonyl (C=O) groups is 1. The first-order valence-electron chi connectivity index (χ1n) is 11.3. The molecule has 2 aromatic carbocycles. The van der Waals surface area contributed by atoms with Crippen molar-refractivity contribution < 1.29 is 23.8 Å². The second-order valence-corrected chi connectivity index (χ2v) is 9.02. The molecule has 0 fully saturated rings. The van der Waals surface area contributed by atoms with E-state index in [9.17, 15) is 14.3 Å². The molecule has 7 heteroatoms. The first kappa shape index (κ1) is 26.6. The molecule has 2 rings (SSSR count). The molecule has 0 saturated heterocycles. The Balaban J connectivity index is 2.03. The third-order valence-corrected chi connectivity index (χ3v) is 5.71. The molecule has 6 nitrogen and oxygen atoms in total. The Hall–Kier alpha value is -2.64. The van der Waals surface area contributed by atoms with Gasteiger partial charge in [-0.15, -0.1) is 0 Å². The predicted molar refractivity (Wildman–Crippen MR) is 128 cm³/mol. The fourth-order valence-corrected chi connectivity index (χ4v) is 3.69. The van der Waals surface area contributed by atoms with E-state index < -0.39 is 23.7 Å². The van der Waals surface area contributed by atoms with Gasteiger partial charge in [0.25, 0.3) is 0 Å². The van der Waals surface area contributed by atoms with Gasteiger partial charge in [0.2, 0.25) is 5.91 Å². The third kappa shape index (κ3) is 9.02. The third-order valence-electron chi connectivity index (χ3n) is 5.71. The normalized spacial score (nSPS) is 14.3. The van der Waals surface area contributed by atoms with E-state index in [0.29, 0.717) is 24.3 Å². The Kier molecular flexibility index (Phi) is 10.1. The van der Waals surface area contributed by atoms with Gasteiger partial charge in [0, 0.05) is 18.5 Å². The lowest BCUT2D eigenvalue weighted by atomic mass is 9.88. The Morgan fingerprint density at radius 3 is 2.36 bits per heavy atom. The molecule has 4 N–H and O–H groups in total. The van der Waals surface area contributed by atoms with Crippen LogP contribution in [0.5, 0.6) is 11.5 Å². The van der Waals surface area contributed by atoms with E-state index in [2.05, 4.69) is 5.32 Å². The van der Waals surface area contributed by atoms with E-state index in [4.69, 9.17) is 15.2 Å². The standard InChI is InChI=1S/C26H37FN2O4/c1-26(2,27)13-12-20(16-22(30)21(28)14-18-8-6-5-7-9-18)25(31)29-17-19-10-11-23(32-3)24(15-19)33-4/h5-11,15,20-22,30H,12-14,16-17,28H2,1-4H3,(H,29,31)/t20-,21+,22+/m1/s1. The van der Waals surface area contributed by atoms with Crippen molar-refractivity contribution in [2.75, 3.05) is 14.2 Å². The number of nitrogens with one attached hydrogen (secondary N) is 1. The molecule has 0 spiro atoms. The summed E-state index contributed by atoms with van der Waals surface area (Å²) in [5, 5.41) is 13.6. The van der Waals surface area contributed by atoms with Gasteiger partial charge in [0.1, 0.15) is 5.67 Å². The zero-order chi connectivity index (χ0) is 24.4. The first-order chi connectivity index (χ1) is 15.6. The number of aliphatic hydroxyl groups is 1. The van der Waals surface area contributed by atoms with Gasteiger partial charge in [-0.25, -0.2) is 4.39 Å². The van der Waals surface area contributed by atoms with Gasteiger partial charge < -0.3 is 25.6 Å². The van der Waals surface area contributed by atoms with Crippen molar-refractivity contribution in [3.05, 3.63) is 59.7 Å². The molecule has 0 aliphatic heterocycles. The van der Waals surface area contributed by atoms with Crippen LogP contribution in [0.15, 0.2) is 48.5 Å². The molecule has 0 heterocycles. The van der Waals surface area contributed by atoms with Gasteiger partial charge in [0.15, 0.2) is 11.5 Å². The minimum atomic E-state index is -1.40. The minimum absolute atomic E-state index is 0.168. The summed E-state index contributed by atoms with van der Waals surface area (Å²) in [6.07, 6.45) is 0.307. The molecule has 0 aliphatic rings. The summed E-state index contributed by atoms with van der Waals surface area (Å²) in [5.41, 5.74) is 6.68. The Bertz CT molecular complexity index is 870. The molecular weight excluding hydrogens is 423 g/mol. The number of rotatable bonds is 13. The smallest absolute Gasteiger partial charge is 0.223 e. The SMILES string of the molecule is COc1ccc(CNC(=O)[C@H](CCC(C)(C)F)C[C@H](O)[C@@H](N)Cc2ccccc2)cc1OC. The molecule has 0 unspecified atom stereocenters. The van der Waals surface area contributed by atoms with Crippen molar-refractivity contribution in [3.63, 3.8) is 0 Å². The molecule has 3 atom stereocenters. The number of amides is 1. The van der Waals surface area contributed by atoms with Crippen molar-refractivity contribution in [1.29, 1.82) is 0 Å². The van der Waals surface area contributed by atoms with Gasteiger partial charge >= 0.3 is 0 Å². The lowest BCUT2D eigenvalue weighted by Crippen LogP contribution is -2.41. The van der Waals surface area contributed by atoms with Crippen LogP contribution in [0, 0.1) is 5.92 Å². The maximum Gasteiger partial charge on any atom is 0.223 e. The molecular formula is C26H37FN2O4. The maximum absolute atomic E-state index is 14.2. The lowest BCUT2D eigenvalue weighted by Gasteiger charge is -2.25. The lowest BCUT2D eigenvalue weighted by molar-refractivity contribution is -0.126. The largest absolute Gasteiger partial charge is 0.493 e. The fraction of sp³-hybridized carbons (Fsp3) is 0.500. The summed E-state index contributed by atoms with van der Waals surface area (Å²) in [5.74, 6) is 0.380. The summed E-state index contributed by atoms with van der Waals surface area (Å²) in [4.78, 5) is 13.0. The van der Waals surface area contributed by atoms with E-state index in [1.54, 1.807) is 26.4 Å². The predicted octanol–water partition coefficient (Wildman–Crippen LogP) is 3.79. The number of hydrogen-bond donors (Lipinski definition) is 3. The highest BCUT2D eigenvalue weighted by Gasteiger charge is 2.28. The number of methoxy groups -OCH3 is 2. The van der Waals surface area contributed by atoms with Crippen LogP contribution < -0.4 is 20.5 Å². The van der Waals surface area contributed by atoms with Crippen LogP contribution >= 0.6 is 0 Å². The van der Waals surface area contributed by atoms with Crippen LogP contribution in [0.4, 0.5) is 4.39 Å². The zero-order valence-corrected chi connectivity index (χ0v) is 20.0. The summed E-state index contributed by atoms with van der Waals surface area (Å²) >= 11 is 0. The van der Waals surface area contributed by atoms with Crippen molar-refractivity contribution in [3.8, 4) is 11.5 Å². The van der Waals surface area contributed by atoms with E-state index in [0.717, 1.165) is 11.1 Å². The summed E-state index contributed by atoms with van der Waals surface area (Å²) in [6.45, 7) is 3.26. The molecule has 0 radical (unpaired) electrons. The molecule has 1 amide bonds. The van der Waals surface area contributed by atoms with Crippen molar-refractivity contribution >= 4 is 5.91 Å². The number of nitrogens with two attached hydrogens (primary N) is 1. The molecule has 0 aromatic heterocycles. The first-order valence-corrected chi connectivity index (χ1v) is 11.3. The van der Waals surface area contributed by atoms with Gasteiger partial charge in [-0.1, -0.05) is 36.4 Å². The molecule has 2 aromatic rings. The van der Waals surface area contributed by atoms with Gasteiger partial charge in [-0.2, -0.15) is 0 Å². The average molecular weight is 461 g/mol. The molecule has 182 valence electrons. The summed E-state index contributed by atoms with van der Waals surface area (Å²) in [7, 11) is 3.11. The second kappa shape index (κ2) is 12.6. The number of carbonyl (C=O) groups excluding carboxylic acids is 1. The van der Waals surface area contributed by atoms with E-state index >= 15 is 0 Å². The number of alkyl halides is 1. The molecule has 0 bridgehead atoms. The minimum Gasteiger partial charge on any atom is -0.493 e. The van der Waals surface area contributed by atoms with E-state index in [1.807, 2.05) is 36.4 Å². The number of ether oxygens (including phenoxy) is 2. The monoisotopic (exact) mass is 460 g/mol. The number of halogens is 1. The zero-order valence-electron chi connectivity index (χ0n) is 20.0. The van der Waals surface area contributed by atoms with Crippen molar-refractivity contribution in [1.82, 2.24) is 5.32 Å². The highest BCUT2D eigenvalue weighted by atomic mass is 19.1. The highest BCUT2D eigenvalue weighted by molar-refractivity contribution is 5.78. The van der Waals surface area contributed by atoms with Gasteiger partial charge in [-0.05, 0) is 62.8 Å². The van der Waals surface area contributed by atoms with Gasteiger partial charge in [-0.3, -0.25) is 4.79 Å². The van der Waals surface area contributed by atoms with Crippen LogP contribution in [-0.4, -0.2) is 43.0 Å². The van der Waals surface area contributed by atoms with Crippen LogP contribution in [-0.2, 0) is 17.8 Å². The maximum atomic E-state index is 14.2. The molecule has 0 saturated carbocycles. The average Bonchev–Trinajstić information content (AvgIpc) is 2.79. The van der Waals surface area contributed by atoms with E-state index in [1.165, 1.54) is 13.8 Å². The number of hydrogen-bond acceptors (Lipinski definition) is 5. The fourth-order valence-electron chi connectivity index (χ4n) is 3.69. The Morgan fingerprint density at radius 1 is 1.09 bits per heavy atom. The second-order valence-electron chi connectivity index (χ2n) is 9.02. The van der Waals surface area contributed by atoms with Crippen LogP contribution in [0.25, 0.3) is 0 Å². The molecule has 0 aliphatic carbocycles. The topological polar surface area (TPSA) is 93.8 Å². The highest BCUT2D eigenvalue weighted by Crippen LogP contribution is 2.28.